The van der Waals surface area contributed by atoms with Crippen LogP contribution in [0.3, 0.4) is 0 Å². The molecule has 0 heterocycles. The molecular formula is C11H14FNO. The molecule has 14 heavy (non-hydrogen) atoms. The van der Waals surface area contributed by atoms with Crippen molar-refractivity contribution in [2.45, 2.75) is 25.3 Å². The molecule has 0 amide bonds. The van der Waals surface area contributed by atoms with Crippen molar-refractivity contribution < 1.29 is 9.50 Å². The summed E-state index contributed by atoms with van der Waals surface area (Å²) < 4.78 is 13.0. The van der Waals surface area contributed by atoms with Gasteiger partial charge >= 0.3 is 0 Å². The van der Waals surface area contributed by atoms with Crippen molar-refractivity contribution in [2.24, 2.45) is 11.7 Å². The van der Waals surface area contributed by atoms with Crippen LogP contribution in [0.25, 0.3) is 0 Å². The summed E-state index contributed by atoms with van der Waals surface area (Å²) in [5, 5.41) is 9.02. The lowest BCUT2D eigenvalue weighted by Gasteiger charge is -2.31. The third kappa shape index (κ3) is 1.60. The monoisotopic (exact) mass is 195 g/mol. The summed E-state index contributed by atoms with van der Waals surface area (Å²) in [5.74, 6) is -0.411. The minimum absolute atomic E-state index is 0.0844. The van der Waals surface area contributed by atoms with E-state index in [0.717, 1.165) is 18.4 Å². The Hall–Kier alpha value is -1.09. The summed E-state index contributed by atoms with van der Waals surface area (Å²) in [4.78, 5) is 0. The first-order valence-electron chi connectivity index (χ1n) is 4.92. The van der Waals surface area contributed by atoms with Gasteiger partial charge in [-0.1, -0.05) is 12.5 Å². The Morgan fingerprint density at radius 1 is 1.43 bits per heavy atom. The average Bonchev–Trinajstić information content (AvgIpc) is 2.06. The first-order valence-corrected chi connectivity index (χ1v) is 4.92. The number of hydrogen-bond donors (Lipinski definition) is 2. The van der Waals surface area contributed by atoms with Crippen LogP contribution in [0, 0.1) is 11.7 Å². The Morgan fingerprint density at radius 2 is 2.14 bits per heavy atom. The van der Waals surface area contributed by atoms with Gasteiger partial charge in [0.25, 0.3) is 0 Å². The molecule has 0 unspecified atom stereocenters. The van der Waals surface area contributed by atoms with Crippen LogP contribution in [-0.2, 0) is 0 Å². The molecule has 3 N–H and O–H groups in total. The van der Waals surface area contributed by atoms with Gasteiger partial charge in [0.05, 0.1) is 0 Å². The molecule has 0 spiro atoms. The zero-order valence-electron chi connectivity index (χ0n) is 7.91. The van der Waals surface area contributed by atoms with Gasteiger partial charge in [-0.15, -0.1) is 0 Å². The second-order valence-electron chi connectivity index (χ2n) is 3.93. The van der Waals surface area contributed by atoms with E-state index in [4.69, 9.17) is 10.8 Å². The van der Waals surface area contributed by atoms with Gasteiger partial charge in [0.15, 0.2) is 11.6 Å². The molecule has 0 aliphatic heterocycles. The normalized spacial score (nSPS) is 19.0. The lowest BCUT2D eigenvalue weighted by molar-refractivity contribution is 0.264. The zero-order chi connectivity index (χ0) is 10.1. The van der Waals surface area contributed by atoms with Crippen LogP contribution in [0.2, 0.25) is 0 Å². The average molecular weight is 195 g/mol. The van der Waals surface area contributed by atoms with Crippen LogP contribution >= 0.6 is 0 Å². The van der Waals surface area contributed by atoms with E-state index < -0.39 is 5.82 Å². The fourth-order valence-corrected chi connectivity index (χ4v) is 1.80. The van der Waals surface area contributed by atoms with Crippen molar-refractivity contribution in [3.05, 3.63) is 29.6 Å². The molecule has 0 aromatic heterocycles. The number of nitrogens with two attached hydrogens (primary N) is 1. The highest BCUT2D eigenvalue weighted by molar-refractivity contribution is 5.30. The lowest BCUT2D eigenvalue weighted by Crippen LogP contribution is -2.26. The Kier molecular flexibility index (Phi) is 2.42. The number of benzene rings is 1. The molecule has 0 saturated heterocycles. The van der Waals surface area contributed by atoms with E-state index in [0.29, 0.717) is 5.92 Å². The Bertz CT molecular complexity index is 336. The molecule has 0 radical (unpaired) electrons. The number of phenolic OH excluding ortho intramolecular Hbond substituents is 1. The summed E-state index contributed by atoms with van der Waals surface area (Å²) >= 11 is 0. The number of rotatable bonds is 2. The predicted molar refractivity (Wildman–Crippen MR) is 52.3 cm³/mol. The van der Waals surface area contributed by atoms with Gasteiger partial charge in [-0.25, -0.2) is 4.39 Å². The summed E-state index contributed by atoms with van der Waals surface area (Å²) in [7, 11) is 0. The highest BCUT2D eigenvalue weighted by atomic mass is 19.1. The minimum Gasteiger partial charge on any atom is -0.505 e. The summed E-state index contributed by atoms with van der Waals surface area (Å²) in [6, 6.07) is 4.31. The summed E-state index contributed by atoms with van der Waals surface area (Å²) in [5.41, 5.74) is 6.75. The second-order valence-corrected chi connectivity index (χ2v) is 3.93. The van der Waals surface area contributed by atoms with Gasteiger partial charge in [-0.3, -0.25) is 0 Å². The van der Waals surface area contributed by atoms with Gasteiger partial charge in [0.1, 0.15) is 0 Å². The van der Waals surface area contributed by atoms with Crippen molar-refractivity contribution in [1.29, 1.82) is 0 Å². The summed E-state index contributed by atoms with van der Waals surface area (Å²) in [6.45, 7) is 0. The Balaban J connectivity index is 2.18. The molecular weight excluding hydrogens is 181 g/mol. The Labute approximate surface area is 82.5 Å². The van der Waals surface area contributed by atoms with Crippen molar-refractivity contribution in [1.82, 2.24) is 0 Å². The predicted octanol–water partition coefficient (Wildman–Crippen LogP) is 2.33. The molecule has 0 bridgehead atoms. The van der Waals surface area contributed by atoms with Crippen molar-refractivity contribution in [3.8, 4) is 5.75 Å². The molecule has 3 heteroatoms. The first-order chi connectivity index (χ1) is 6.68. The van der Waals surface area contributed by atoms with Crippen LogP contribution in [0.15, 0.2) is 18.2 Å². The molecule has 1 atom stereocenters. The second kappa shape index (κ2) is 3.58. The largest absolute Gasteiger partial charge is 0.505 e. The topological polar surface area (TPSA) is 46.2 Å². The quantitative estimate of drug-likeness (QED) is 0.760. The zero-order valence-corrected chi connectivity index (χ0v) is 7.91. The highest BCUT2D eigenvalue weighted by Gasteiger charge is 2.25. The molecule has 1 fully saturated rings. The number of halogens is 1. The molecule has 1 aromatic rings. The number of hydrogen-bond acceptors (Lipinski definition) is 2. The Morgan fingerprint density at radius 3 is 2.64 bits per heavy atom. The van der Waals surface area contributed by atoms with Crippen LogP contribution in [0.5, 0.6) is 5.75 Å². The van der Waals surface area contributed by atoms with Crippen LogP contribution in [0.4, 0.5) is 4.39 Å². The number of phenols is 1. The van der Waals surface area contributed by atoms with E-state index in [1.54, 1.807) is 6.07 Å². The SMILES string of the molecule is N[C@@H](c1ccc(O)c(F)c1)C1CCC1. The first kappa shape index (κ1) is 9.46. The van der Waals surface area contributed by atoms with E-state index in [-0.39, 0.29) is 11.8 Å². The molecule has 1 saturated carbocycles. The molecule has 2 rings (SSSR count). The number of aromatic hydroxyl groups is 1. The van der Waals surface area contributed by atoms with E-state index in [1.807, 2.05) is 0 Å². The smallest absolute Gasteiger partial charge is 0.165 e. The standard InChI is InChI=1S/C11H14FNO/c12-9-6-8(4-5-10(9)14)11(13)7-2-1-3-7/h4-7,11,14H,1-3,13H2/t11-/m1/s1. The van der Waals surface area contributed by atoms with E-state index in [2.05, 4.69) is 0 Å². The third-order valence-corrected chi connectivity index (χ3v) is 3.01. The maximum absolute atomic E-state index is 13.0. The molecule has 76 valence electrons. The molecule has 1 aliphatic rings. The minimum atomic E-state index is -0.586. The van der Waals surface area contributed by atoms with E-state index >= 15 is 0 Å². The van der Waals surface area contributed by atoms with Crippen LogP contribution < -0.4 is 5.73 Å². The lowest BCUT2D eigenvalue weighted by atomic mass is 9.77. The van der Waals surface area contributed by atoms with Crippen LogP contribution in [0.1, 0.15) is 30.9 Å². The van der Waals surface area contributed by atoms with Crippen molar-refractivity contribution in [2.75, 3.05) is 0 Å². The van der Waals surface area contributed by atoms with Crippen LogP contribution in [-0.4, -0.2) is 5.11 Å². The molecule has 1 aromatic carbocycles. The fraction of sp³-hybridized carbons (Fsp3) is 0.455. The maximum atomic E-state index is 13.0. The van der Waals surface area contributed by atoms with Gasteiger partial charge in [0, 0.05) is 6.04 Å². The van der Waals surface area contributed by atoms with Gasteiger partial charge < -0.3 is 10.8 Å². The van der Waals surface area contributed by atoms with Gasteiger partial charge in [0.2, 0.25) is 0 Å². The third-order valence-electron chi connectivity index (χ3n) is 3.01. The molecule has 1 aliphatic carbocycles. The maximum Gasteiger partial charge on any atom is 0.165 e. The fourth-order valence-electron chi connectivity index (χ4n) is 1.80. The van der Waals surface area contributed by atoms with Gasteiger partial charge in [-0.05, 0) is 36.5 Å². The van der Waals surface area contributed by atoms with E-state index in [1.165, 1.54) is 18.6 Å². The van der Waals surface area contributed by atoms with E-state index in [9.17, 15) is 4.39 Å². The molecule has 2 nitrogen and oxygen atoms in total. The van der Waals surface area contributed by atoms with Gasteiger partial charge in [-0.2, -0.15) is 0 Å². The highest BCUT2D eigenvalue weighted by Crippen LogP contribution is 2.36. The summed E-state index contributed by atoms with van der Waals surface area (Å²) in [6.07, 6.45) is 3.48. The van der Waals surface area contributed by atoms with Crippen molar-refractivity contribution in [3.63, 3.8) is 0 Å². The van der Waals surface area contributed by atoms with Crippen molar-refractivity contribution >= 4 is 0 Å².